The molecular weight excluding hydrogens is 395 g/mol. The summed E-state index contributed by atoms with van der Waals surface area (Å²) in [4.78, 5) is 2.35. The molecule has 26 heavy (non-hydrogen) atoms. The molecule has 150 valence electrons. The summed E-state index contributed by atoms with van der Waals surface area (Å²) in [6.45, 7) is 3.56. The van der Waals surface area contributed by atoms with Crippen LogP contribution in [-0.2, 0) is 0 Å². The van der Waals surface area contributed by atoms with Crippen molar-refractivity contribution < 1.29 is 22.3 Å². The molecule has 1 aliphatic heterocycles. The zero-order valence-electron chi connectivity index (χ0n) is 14.2. The van der Waals surface area contributed by atoms with Crippen LogP contribution in [0.3, 0.4) is 0 Å². The van der Waals surface area contributed by atoms with Crippen molar-refractivity contribution >= 4 is 24.8 Å². The van der Waals surface area contributed by atoms with Crippen molar-refractivity contribution in [2.45, 2.75) is 37.8 Å². The van der Waals surface area contributed by atoms with Gasteiger partial charge in [0.1, 0.15) is 5.75 Å². The second kappa shape index (κ2) is 9.97. The number of piperazine rings is 1. The fraction of sp³-hybridized carbons (Fsp3) is 0.647. The minimum absolute atomic E-state index is 0. The van der Waals surface area contributed by atoms with E-state index >= 15 is 0 Å². The highest BCUT2D eigenvalue weighted by Crippen LogP contribution is 2.42. The maximum absolute atomic E-state index is 13.2. The van der Waals surface area contributed by atoms with E-state index in [9.17, 15) is 17.6 Å². The summed E-state index contributed by atoms with van der Waals surface area (Å²) < 4.78 is 55.3. The van der Waals surface area contributed by atoms with Gasteiger partial charge in [0.15, 0.2) is 0 Å². The number of ether oxygens (including phenoxy) is 1. The lowest BCUT2D eigenvalue weighted by molar-refractivity contribution is -0.253. The van der Waals surface area contributed by atoms with E-state index < -0.39 is 12.5 Å². The maximum Gasteiger partial charge on any atom is 0.461 e. The van der Waals surface area contributed by atoms with Crippen molar-refractivity contribution in [2.75, 3.05) is 26.2 Å². The fourth-order valence-corrected chi connectivity index (χ4v) is 3.46. The van der Waals surface area contributed by atoms with Crippen molar-refractivity contribution in [3.63, 3.8) is 0 Å². The van der Waals surface area contributed by atoms with Crippen LogP contribution < -0.4 is 10.1 Å². The summed E-state index contributed by atoms with van der Waals surface area (Å²) >= 11 is 0. The third-order valence-corrected chi connectivity index (χ3v) is 4.85. The molecule has 1 heterocycles. The topological polar surface area (TPSA) is 24.5 Å². The van der Waals surface area contributed by atoms with Crippen LogP contribution in [0, 0.1) is 5.92 Å². The zero-order chi connectivity index (χ0) is 17.2. The molecule has 3 nitrogen and oxygen atoms in total. The van der Waals surface area contributed by atoms with E-state index in [0.717, 1.165) is 44.6 Å². The molecule has 0 aromatic heterocycles. The van der Waals surface area contributed by atoms with Gasteiger partial charge in [0, 0.05) is 32.2 Å². The Morgan fingerprint density at radius 1 is 1.12 bits per heavy atom. The Morgan fingerprint density at radius 3 is 2.31 bits per heavy atom. The van der Waals surface area contributed by atoms with Crippen LogP contribution in [0.15, 0.2) is 24.3 Å². The van der Waals surface area contributed by atoms with Gasteiger partial charge in [0.05, 0.1) is 0 Å². The van der Waals surface area contributed by atoms with E-state index in [0.29, 0.717) is 5.92 Å². The zero-order valence-corrected chi connectivity index (χ0v) is 15.8. The minimum Gasteiger partial charge on any atom is -0.428 e. The van der Waals surface area contributed by atoms with E-state index in [1.807, 2.05) is 6.07 Å². The highest BCUT2D eigenvalue weighted by atomic mass is 35.5. The average molecular weight is 419 g/mol. The molecule has 2 aliphatic rings. The Hall–Kier alpha value is -0.760. The van der Waals surface area contributed by atoms with E-state index in [1.54, 1.807) is 6.07 Å². The van der Waals surface area contributed by atoms with Crippen LogP contribution in [0.1, 0.15) is 30.9 Å². The van der Waals surface area contributed by atoms with Crippen molar-refractivity contribution in [2.24, 2.45) is 5.92 Å². The minimum atomic E-state index is -4.47. The largest absolute Gasteiger partial charge is 0.461 e. The third-order valence-electron chi connectivity index (χ3n) is 4.85. The summed E-state index contributed by atoms with van der Waals surface area (Å²) in [7, 11) is 0. The van der Waals surface area contributed by atoms with Crippen LogP contribution >= 0.6 is 24.8 Å². The Morgan fingerprint density at radius 2 is 1.77 bits per heavy atom. The molecule has 1 atom stereocenters. The Bertz CT molecular complexity index is 555. The summed E-state index contributed by atoms with van der Waals surface area (Å²) in [5.74, 6) is 0.270. The summed E-state index contributed by atoms with van der Waals surface area (Å²) in [5.41, 5.74) is 0.865. The van der Waals surface area contributed by atoms with Gasteiger partial charge in [0.25, 0.3) is 0 Å². The van der Waals surface area contributed by atoms with Gasteiger partial charge in [-0.15, -0.1) is 24.8 Å². The lowest BCUT2D eigenvalue weighted by atomic mass is 9.76. The van der Waals surface area contributed by atoms with Crippen LogP contribution in [0.5, 0.6) is 5.75 Å². The molecule has 3 rings (SSSR count). The number of halogens is 6. The van der Waals surface area contributed by atoms with Gasteiger partial charge in [0.2, 0.25) is 0 Å². The summed E-state index contributed by atoms with van der Waals surface area (Å²) in [6, 6.07) is 6.39. The SMILES string of the molecule is Cl.Cl.FC(F)C(F)(F)Oc1cccc([C@@H](C2CCC2)N2CCNCC2)c1. The predicted octanol–water partition coefficient (Wildman–Crippen LogP) is 4.51. The summed E-state index contributed by atoms with van der Waals surface area (Å²) in [5, 5.41) is 3.30. The first kappa shape index (κ1) is 23.3. The number of rotatable bonds is 6. The molecule has 0 spiro atoms. The smallest absolute Gasteiger partial charge is 0.428 e. The van der Waals surface area contributed by atoms with E-state index in [-0.39, 0.29) is 36.6 Å². The highest BCUT2D eigenvalue weighted by Gasteiger charge is 2.44. The molecule has 1 saturated heterocycles. The van der Waals surface area contributed by atoms with Crippen molar-refractivity contribution in [1.82, 2.24) is 10.2 Å². The number of hydrogen-bond acceptors (Lipinski definition) is 3. The molecule has 1 aromatic carbocycles. The molecule has 1 N–H and O–H groups in total. The monoisotopic (exact) mass is 418 g/mol. The van der Waals surface area contributed by atoms with Gasteiger partial charge >= 0.3 is 12.5 Å². The molecule has 9 heteroatoms. The van der Waals surface area contributed by atoms with Crippen molar-refractivity contribution in [3.05, 3.63) is 29.8 Å². The molecule has 1 aliphatic carbocycles. The van der Waals surface area contributed by atoms with Gasteiger partial charge < -0.3 is 10.1 Å². The van der Waals surface area contributed by atoms with Gasteiger partial charge in [-0.1, -0.05) is 18.6 Å². The standard InChI is InChI=1S/C17H22F4N2O.2ClH/c18-16(19)17(20,21)24-14-6-2-5-13(11-14)15(12-3-1-4-12)23-9-7-22-8-10-23;;/h2,5-6,11-12,15-16,22H,1,3-4,7-10H2;2*1H/t15-;;/m1../s1. The first-order valence-electron chi connectivity index (χ1n) is 8.37. The van der Waals surface area contributed by atoms with Crippen LogP contribution in [0.4, 0.5) is 17.6 Å². The molecule has 0 unspecified atom stereocenters. The van der Waals surface area contributed by atoms with Gasteiger partial charge in [-0.3, -0.25) is 4.90 Å². The second-order valence-corrected chi connectivity index (χ2v) is 6.46. The molecule has 0 bridgehead atoms. The number of nitrogens with one attached hydrogen (secondary N) is 1. The van der Waals surface area contributed by atoms with Crippen molar-refractivity contribution in [1.29, 1.82) is 0 Å². The second-order valence-electron chi connectivity index (χ2n) is 6.46. The summed E-state index contributed by atoms with van der Waals surface area (Å²) in [6.07, 6.45) is -4.94. The molecule has 0 amide bonds. The first-order chi connectivity index (χ1) is 11.5. The molecule has 0 radical (unpaired) electrons. The van der Waals surface area contributed by atoms with E-state index in [4.69, 9.17) is 0 Å². The fourth-order valence-electron chi connectivity index (χ4n) is 3.46. The number of benzene rings is 1. The van der Waals surface area contributed by atoms with Crippen LogP contribution in [0.2, 0.25) is 0 Å². The number of hydrogen-bond donors (Lipinski definition) is 1. The Balaban J connectivity index is 0.00000169. The third kappa shape index (κ3) is 5.38. The van der Waals surface area contributed by atoms with Gasteiger partial charge in [-0.05, 0) is 36.5 Å². The maximum atomic E-state index is 13.2. The molecule has 1 saturated carbocycles. The molecule has 1 aromatic rings. The quantitative estimate of drug-likeness (QED) is 0.687. The first-order valence-corrected chi connectivity index (χ1v) is 8.37. The Kier molecular flexibility index (Phi) is 8.93. The normalized spacial score (nSPS) is 19.9. The van der Waals surface area contributed by atoms with Crippen molar-refractivity contribution in [3.8, 4) is 5.75 Å². The average Bonchev–Trinajstić information content (AvgIpc) is 2.51. The Labute approximate surface area is 163 Å². The van der Waals surface area contributed by atoms with E-state index in [2.05, 4.69) is 15.0 Å². The molecular formula is C17H24Cl2F4N2O. The predicted molar refractivity (Wildman–Crippen MR) is 97.0 cm³/mol. The van der Waals surface area contributed by atoms with Gasteiger partial charge in [-0.2, -0.15) is 17.6 Å². The van der Waals surface area contributed by atoms with Gasteiger partial charge in [-0.25, -0.2) is 0 Å². The van der Waals surface area contributed by atoms with Crippen LogP contribution in [-0.4, -0.2) is 43.6 Å². The van der Waals surface area contributed by atoms with Crippen LogP contribution in [0.25, 0.3) is 0 Å². The lowest BCUT2D eigenvalue weighted by Gasteiger charge is -2.43. The lowest BCUT2D eigenvalue weighted by Crippen LogP contribution is -2.47. The molecule has 2 fully saturated rings. The van der Waals surface area contributed by atoms with E-state index in [1.165, 1.54) is 18.6 Å². The number of nitrogens with zero attached hydrogens (tertiary/aromatic N) is 1. The highest BCUT2D eigenvalue weighted by molar-refractivity contribution is 5.85. The number of alkyl halides is 4.